The molecule has 0 aromatic heterocycles. The molecule has 3 heteroatoms. The van der Waals surface area contributed by atoms with Gasteiger partial charge in [-0.25, -0.2) is 0 Å². The standard InChI is InChI=1S/C12H24FNO/c1-12(11-15)7-3-6-10-14(12)9-5-2-4-8-13/h15H,2-11H2,1H3. The van der Waals surface area contributed by atoms with Gasteiger partial charge in [0.25, 0.3) is 0 Å². The maximum absolute atomic E-state index is 11.9. The van der Waals surface area contributed by atoms with Crippen LogP contribution in [0.3, 0.4) is 0 Å². The third-order valence-corrected chi connectivity index (χ3v) is 3.56. The van der Waals surface area contributed by atoms with Crippen molar-refractivity contribution >= 4 is 0 Å². The fraction of sp³-hybridized carbons (Fsp3) is 1.00. The lowest BCUT2D eigenvalue weighted by atomic mass is 9.89. The van der Waals surface area contributed by atoms with E-state index in [1.165, 1.54) is 12.8 Å². The minimum Gasteiger partial charge on any atom is -0.394 e. The van der Waals surface area contributed by atoms with Crippen molar-refractivity contribution in [2.45, 2.75) is 51.0 Å². The van der Waals surface area contributed by atoms with Gasteiger partial charge in [-0.15, -0.1) is 0 Å². The highest BCUT2D eigenvalue weighted by Gasteiger charge is 2.32. The van der Waals surface area contributed by atoms with E-state index in [0.717, 1.165) is 32.4 Å². The minimum atomic E-state index is -0.197. The molecule has 1 heterocycles. The van der Waals surface area contributed by atoms with Gasteiger partial charge in [-0.2, -0.15) is 0 Å². The Bertz CT molecular complexity index is 177. The molecule has 1 unspecified atom stereocenters. The van der Waals surface area contributed by atoms with Crippen LogP contribution in [0.5, 0.6) is 0 Å². The van der Waals surface area contributed by atoms with E-state index in [-0.39, 0.29) is 18.8 Å². The van der Waals surface area contributed by atoms with Gasteiger partial charge in [-0.1, -0.05) is 6.42 Å². The molecule has 1 aliphatic heterocycles. The molecule has 0 amide bonds. The molecule has 0 radical (unpaired) electrons. The molecule has 0 aliphatic carbocycles. The largest absolute Gasteiger partial charge is 0.394 e. The number of hydrogen-bond donors (Lipinski definition) is 1. The summed E-state index contributed by atoms with van der Waals surface area (Å²) in [6, 6.07) is 0. The van der Waals surface area contributed by atoms with Crippen LogP contribution in [0.1, 0.15) is 45.4 Å². The average molecular weight is 217 g/mol. The van der Waals surface area contributed by atoms with E-state index in [4.69, 9.17) is 0 Å². The molecule has 90 valence electrons. The monoisotopic (exact) mass is 217 g/mol. The average Bonchev–Trinajstić information content (AvgIpc) is 2.27. The molecule has 0 aromatic rings. The first-order chi connectivity index (χ1) is 7.23. The maximum atomic E-state index is 11.9. The van der Waals surface area contributed by atoms with Crippen LogP contribution in [0.15, 0.2) is 0 Å². The van der Waals surface area contributed by atoms with E-state index in [1.807, 2.05) is 0 Å². The Labute approximate surface area is 92.5 Å². The molecular weight excluding hydrogens is 193 g/mol. The number of nitrogens with zero attached hydrogens (tertiary/aromatic N) is 1. The number of likely N-dealkylation sites (tertiary alicyclic amines) is 1. The Kier molecular flexibility index (Phi) is 5.54. The SMILES string of the molecule is CC1(CO)CCCCN1CCCCCF. The summed E-state index contributed by atoms with van der Waals surface area (Å²) in [4.78, 5) is 2.38. The predicted molar refractivity (Wildman–Crippen MR) is 60.7 cm³/mol. The van der Waals surface area contributed by atoms with Crippen LogP contribution in [-0.4, -0.2) is 41.9 Å². The number of aliphatic hydroxyl groups excluding tert-OH is 1. The first-order valence-electron chi connectivity index (χ1n) is 6.15. The molecule has 1 saturated heterocycles. The van der Waals surface area contributed by atoms with Crippen molar-refractivity contribution in [2.24, 2.45) is 0 Å². The summed E-state index contributed by atoms with van der Waals surface area (Å²) in [5.74, 6) is 0. The summed E-state index contributed by atoms with van der Waals surface area (Å²) in [6.45, 7) is 4.29. The van der Waals surface area contributed by atoms with Gasteiger partial charge in [-0.05, 0) is 52.1 Å². The number of aliphatic hydroxyl groups is 1. The normalized spacial score (nSPS) is 28.2. The second-order valence-corrected chi connectivity index (χ2v) is 4.85. The number of alkyl halides is 1. The molecule has 15 heavy (non-hydrogen) atoms. The van der Waals surface area contributed by atoms with Crippen molar-refractivity contribution in [1.29, 1.82) is 0 Å². The van der Waals surface area contributed by atoms with Crippen LogP contribution in [0.2, 0.25) is 0 Å². The van der Waals surface area contributed by atoms with Crippen molar-refractivity contribution in [1.82, 2.24) is 4.90 Å². The topological polar surface area (TPSA) is 23.5 Å². The molecule has 0 bridgehead atoms. The summed E-state index contributed by atoms with van der Waals surface area (Å²) < 4.78 is 11.9. The zero-order chi connectivity index (χ0) is 11.1. The number of hydrogen-bond acceptors (Lipinski definition) is 2. The summed E-state index contributed by atoms with van der Waals surface area (Å²) in [5.41, 5.74) is -0.0199. The molecule has 1 N–H and O–H groups in total. The zero-order valence-electron chi connectivity index (χ0n) is 9.84. The predicted octanol–water partition coefficient (Wildman–Crippen LogP) is 2.36. The lowest BCUT2D eigenvalue weighted by molar-refractivity contribution is 0.0112. The molecule has 0 spiro atoms. The van der Waals surface area contributed by atoms with E-state index < -0.39 is 0 Å². The Morgan fingerprint density at radius 1 is 1.27 bits per heavy atom. The number of halogens is 1. The Hall–Kier alpha value is -0.150. The second kappa shape index (κ2) is 6.44. The van der Waals surface area contributed by atoms with Crippen LogP contribution in [0.4, 0.5) is 4.39 Å². The molecule has 1 fully saturated rings. The quantitative estimate of drug-likeness (QED) is 0.690. The number of unbranched alkanes of at least 4 members (excludes halogenated alkanes) is 2. The van der Waals surface area contributed by atoms with E-state index in [0.29, 0.717) is 6.42 Å². The van der Waals surface area contributed by atoms with Crippen LogP contribution >= 0.6 is 0 Å². The fourth-order valence-electron chi connectivity index (χ4n) is 2.37. The molecule has 1 rings (SSSR count). The van der Waals surface area contributed by atoms with Gasteiger partial charge in [0.1, 0.15) is 0 Å². The minimum absolute atomic E-state index is 0.0199. The molecule has 0 aromatic carbocycles. The van der Waals surface area contributed by atoms with Gasteiger partial charge >= 0.3 is 0 Å². The van der Waals surface area contributed by atoms with Crippen LogP contribution in [0.25, 0.3) is 0 Å². The Morgan fingerprint density at radius 2 is 2.07 bits per heavy atom. The van der Waals surface area contributed by atoms with Crippen molar-refractivity contribution in [3.63, 3.8) is 0 Å². The molecule has 1 aliphatic rings. The second-order valence-electron chi connectivity index (χ2n) is 4.85. The van der Waals surface area contributed by atoms with E-state index >= 15 is 0 Å². The summed E-state index contributed by atoms with van der Waals surface area (Å²) in [7, 11) is 0. The third-order valence-electron chi connectivity index (χ3n) is 3.56. The van der Waals surface area contributed by atoms with Gasteiger partial charge in [0.15, 0.2) is 0 Å². The van der Waals surface area contributed by atoms with Crippen LogP contribution in [-0.2, 0) is 0 Å². The molecule has 2 nitrogen and oxygen atoms in total. The van der Waals surface area contributed by atoms with Crippen molar-refractivity contribution in [2.75, 3.05) is 26.4 Å². The summed E-state index contributed by atoms with van der Waals surface area (Å²) >= 11 is 0. The van der Waals surface area contributed by atoms with Gasteiger partial charge in [-0.3, -0.25) is 9.29 Å². The Balaban J connectivity index is 2.30. The van der Waals surface area contributed by atoms with Crippen molar-refractivity contribution in [3.8, 4) is 0 Å². The smallest absolute Gasteiger partial charge is 0.0894 e. The molecule has 1 atom stereocenters. The van der Waals surface area contributed by atoms with E-state index in [1.54, 1.807) is 0 Å². The van der Waals surface area contributed by atoms with Crippen molar-refractivity contribution < 1.29 is 9.50 Å². The highest BCUT2D eigenvalue weighted by atomic mass is 19.1. The van der Waals surface area contributed by atoms with E-state index in [2.05, 4.69) is 11.8 Å². The number of rotatable bonds is 6. The van der Waals surface area contributed by atoms with Gasteiger partial charge in [0, 0.05) is 5.54 Å². The van der Waals surface area contributed by atoms with Gasteiger partial charge in [0.05, 0.1) is 13.3 Å². The first kappa shape index (κ1) is 12.9. The molecule has 0 saturated carbocycles. The highest BCUT2D eigenvalue weighted by Crippen LogP contribution is 2.27. The lowest BCUT2D eigenvalue weighted by Crippen LogP contribution is -2.52. The third kappa shape index (κ3) is 3.72. The molecular formula is C12H24FNO. The first-order valence-corrected chi connectivity index (χ1v) is 6.15. The van der Waals surface area contributed by atoms with Gasteiger partial charge in [0.2, 0.25) is 0 Å². The lowest BCUT2D eigenvalue weighted by Gasteiger charge is -2.44. The zero-order valence-corrected chi connectivity index (χ0v) is 9.84. The Morgan fingerprint density at radius 3 is 2.73 bits per heavy atom. The van der Waals surface area contributed by atoms with Crippen molar-refractivity contribution in [3.05, 3.63) is 0 Å². The highest BCUT2D eigenvalue weighted by molar-refractivity contribution is 4.88. The summed E-state index contributed by atoms with van der Waals surface area (Å²) in [6.07, 6.45) is 6.25. The number of piperidine rings is 1. The van der Waals surface area contributed by atoms with E-state index in [9.17, 15) is 9.50 Å². The van der Waals surface area contributed by atoms with Crippen LogP contribution in [0, 0.1) is 0 Å². The fourth-order valence-corrected chi connectivity index (χ4v) is 2.37. The summed E-state index contributed by atoms with van der Waals surface area (Å²) in [5, 5.41) is 9.42. The van der Waals surface area contributed by atoms with Crippen LogP contribution < -0.4 is 0 Å². The van der Waals surface area contributed by atoms with Gasteiger partial charge < -0.3 is 5.11 Å². The maximum Gasteiger partial charge on any atom is 0.0894 e.